The standard InChI is InChI=1S/C14H18N2O2/c1-2-10(9-17)14(18)16-8-11-7-15-13-6-4-3-5-12(11)13/h3-7,10,15,17H,2,8-9H2,1H3,(H,16,18). The Labute approximate surface area is 106 Å². The lowest BCUT2D eigenvalue weighted by Gasteiger charge is -2.11. The van der Waals surface area contributed by atoms with Gasteiger partial charge in [-0.2, -0.15) is 0 Å². The molecule has 1 aromatic carbocycles. The van der Waals surface area contributed by atoms with Gasteiger partial charge in [-0.1, -0.05) is 25.1 Å². The van der Waals surface area contributed by atoms with E-state index in [-0.39, 0.29) is 18.4 Å². The second-order valence-corrected chi connectivity index (χ2v) is 4.37. The first kappa shape index (κ1) is 12.6. The number of aliphatic hydroxyl groups is 1. The van der Waals surface area contributed by atoms with Gasteiger partial charge in [-0.3, -0.25) is 4.79 Å². The van der Waals surface area contributed by atoms with E-state index in [9.17, 15) is 4.79 Å². The highest BCUT2D eigenvalue weighted by Gasteiger charge is 2.15. The Morgan fingerprint density at radius 3 is 2.94 bits per heavy atom. The average Bonchev–Trinajstić information content (AvgIpc) is 2.81. The summed E-state index contributed by atoms with van der Waals surface area (Å²) in [5.41, 5.74) is 2.13. The van der Waals surface area contributed by atoms with Crippen LogP contribution in [0.4, 0.5) is 0 Å². The Balaban J connectivity index is 2.04. The Kier molecular flexibility index (Phi) is 3.99. The number of benzene rings is 1. The van der Waals surface area contributed by atoms with E-state index in [0.717, 1.165) is 16.5 Å². The molecule has 0 bridgehead atoms. The minimum absolute atomic E-state index is 0.0923. The van der Waals surface area contributed by atoms with E-state index >= 15 is 0 Å². The fraction of sp³-hybridized carbons (Fsp3) is 0.357. The number of nitrogens with one attached hydrogen (secondary N) is 2. The molecule has 1 atom stereocenters. The van der Waals surface area contributed by atoms with Gasteiger partial charge in [0, 0.05) is 23.6 Å². The van der Waals surface area contributed by atoms with Crippen molar-refractivity contribution >= 4 is 16.8 Å². The number of amides is 1. The molecule has 1 amide bonds. The van der Waals surface area contributed by atoms with E-state index in [0.29, 0.717) is 13.0 Å². The summed E-state index contributed by atoms with van der Waals surface area (Å²) in [6.07, 6.45) is 2.56. The number of aromatic nitrogens is 1. The maximum absolute atomic E-state index is 11.8. The Morgan fingerprint density at radius 2 is 2.22 bits per heavy atom. The third kappa shape index (κ3) is 2.54. The van der Waals surface area contributed by atoms with Gasteiger partial charge in [0.05, 0.1) is 12.5 Å². The second-order valence-electron chi connectivity index (χ2n) is 4.37. The van der Waals surface area contributed by atoms with Crippen LogP contribution in [0.15, 0.2) is 30.5 Å². The summed E-state index contributed by atoms with van der Waals surface area (Å²) in [5, 5.41) is 13.0. The van der Waals surface area contributed by atoms with Crippen molar-refractivity contribution in [3.8, 4) is 0 Å². The lowest BCUT2D eigenvalue weighted by molar-refractivity contribution is -0.126. The number of hydrogen-bond acceptors (Lipinski definition) is 2. The summed E-state index contributed by atoms with van der Waals surface area (Å²) in [7, 11) is 0. The summed E-state index contributed by atoms with van der Waals surface area (Å²) < 4.78 is 0. The molecule has 1 heterocycles. The number of rotatable bonds is 5. The average molecular weight is 246 g/mol. The zero-order valence-corrected chi connectivity index (χ0v) is 10.4. The molecule has 4 heteroatoms. The predicted octanol–water partition coefficient (Wildman–Crippen LogP) is 1.80. The predicted molar refractivity (Wildman–Crippen MR) is 71.0 cm³/mol. The monoisotopic (exact) mass is 246 g/mol. The van der Waals surface area contributed by atoms with Crippen molar-refractivity contribution in [3.63, 3.8) is 0 Å². The first-order valence-electron chi connectivity index (χ1n) is 6.19. The van der Waals surface area contributed by atoms with Crippen molar-refractivity contribution in [1.29, 1.82) is 0 Å². The Morgan fingerprint density at radius 1 is 1.44 bits per heavy atom. The molecule has 4 nitrogen and oxygen atoms in total. The molecule has 2 rings (SSSR count). The number of aliphatic hydroxyl groups excluding tert-OH is 1. The second kappa shape index (κ2) is 5.69. The van der Waals surface area contributed by atoms with Crippen LogP contribution >= 0.6 is 0 Å². The normalized spacial score (nSPS) is 12.6. The van der Waals surface area contributed by atoms with Crippen LogP contribution in [0.5, 0.6) is 0 Å². The van der Waals surface area contributed by atoms with Crippen LogP contribution in [0.3, 0.4) is 0 Å². The van der Waals surface area contributed by atoms with E-state index in [2.05, 4.69) is 10.3 Å². The highest BCUT2D eigenvalue weighted by molar-refractivity contribution is 5.84. The Bertz CT molecular complexity index is 529. The van der Waals surface area contributed by atoms with E-state index in [1.54, 1.807) is 0 Å². The van der Waals surface area contributed by atoms with Gasteiger partial charge in [-0.25, -0.2) is 0 Å². The third-order valence-electron chi connectivity index (χ3n) is 3.21. The van der Waals surface area contributed by atoms with E-state index in [1.165, 1.54) is 0 Å². The molecular formula is C14H18N2O2. The molecule has 0 aliphatic carbocycles. The molecule has 0 fully saturated rings. The van der Waals surface area contributed by atoms with Gasteiger partial charge < -0.3 is 15.4 Å². The first-order chi connectivity index (χ1) is 8.76. The summed E-state index contributed by atoms with van der Waals surface area (Å²) in [6.45, 7) is 2.28. The molecule has 1 aromatic heterocycles. The number of aromatic amines is 1. The van der Waals surface area contributed by atoms with Crippen LogP contribution < -0.4 is 5.32 Å². The van der Waals surface area contributed by atoms with Gasteiger partial charge in [0.1, 0.15) is 0 Å². The van der Waals surface area contributed by atoms with Gasteiger partial charge in [0.25, 0.3) is 0 Å². The van der Waals surface area contributed by atoms with Crippen LogP contribution in [0.1, 0.15) is 18.9 Å². The first-order valence-corrected chi connectivity index (χ1v) is 6.19. The fourth-order valence-corrected chi connectivity index (χ4v) is 2.00. The summed E-state index contributed by atoms with van der Waals surface area (Å²) in [4.78, 5) is 14.9. The van der Waals surface area contributed by atoms with Crippen LogP contribution in [-0.2, 0) is 11.3 Å². The molecule has 0 saturated carbocycles. The van der Waals surface area contributed by atoms with Crippen molar-refractivity contribution in [2.75, 3.05) is 6.61 Å². The van der Waals surface area contributed by atoms with Gasteiger partial charge in [-0.15, -0.1) is 0 Å². The fourth-order valence-electron chi connectivity index (χ4n) is 2.00. The molecule has 0 radical (unpaired) electrons. The van der Waals surface area contributed by atoms with E-state index < -0.39 is 0 Å². The lowest BCUT2D eigenvalue weighted by atomic mass is 10.1. The van der Waals surface area contributed by atoms with Crippen molar-refractivity contribution in [1.82, 2.24) is 10.3 Å². The number of para-hydroxylation sites is 1. The van der Waals surface area contributed by atoms with Gasteiger partial charge >= 0.3 is 0 Å². The third-order valence-corrected chi connectivity index (χ3v) is 3.21. The van der Waals surface area contributed by atoms with Crippen molar-refractivity contribution in [2.24, 2.45) is 5.92 Å². The smallest absolute Gasteiger partial charge is 0.225 e. The van der Waals surface area contributed by atoms with Crippen LogP contribution in [0.2, 0.25) is 0 Å². The SMILES string of the molecule is CCC(CO)C(=O)NCc1c[nH]c2ccccc12. The molecular weight excluding hydrogens is 228 g/mol. The van der Waals surface area contributed by atoms with E-state index in [1.807, 2.05) is 37.4 Å². The number of carbonyl (C=O) groups is 1. The van der Waals surface area contributed by atoms with E-state index in [4.69, 9.17) is 5.11 Å². The zero-order chi connectivity index (χ0) is 13.0. The van der Waals surface area contributed by atoms with Gasteiger partial charge in [-0.05, 0) is 18.1 Å². The number of hydrogen-bond donors (Lipinski definition) is 3. The molecule has 0 spiro atoms. The number of carbonyl (C=O) groups excluding carboxylic acids is 1. The maximum Gasteiger partial charge on any atom is 0.225 e. The maximum atomic E-state index is 11.8. The van der Waals surface area contributed by atoms with Crippen LogP contribution in [0, 0.1) is 5.92 Å². The molecule has 18 heavy (non-hydrogen) atoms. The number of H-pyrrole nitrogens is 1. The molecule has 0 aliphatic heterocycles. The molecule has 0 saturated heterocycles. The summed E-state index contributed by atoms with van der Waals surface area (Å²) in [6, 6.07) is 7.98. The quantitative estimate of drug-likeness (QED) is 0.753. The molecule has 2 aromatic rings. The van der Waals surface area contributed by atoms with Crippen LogP contribution in [-0.4, -0.2) is 22.6 Å². The summed E-state index contributed by atoms with van der Waals surface area (Å²) in [5.74, 6) is -0.402. The van der Waals surface area contributed by atoms with Gasteiger partial charge in [0.2, 0.25) is 5.91 Å². The minimum Gasteiger partial charge on any atom is -0.396 e. The molecule has 96 valence electrons. The summed E-state index contributed by atoms with van der Waals surface area (Å²) >= 11 is 0. The Hall–Kier alpha value is -1.81. The molecule has 3 N–H and O–H groups in total. The largest absolute Gasteiger partial charge is 0.396 e. The molecule has 1 unspecified atom stereocenters. The highest BCUT2D eigenvalue weighted by atomic mass is 16.3. The topological polar surface area (TPSA) is 65.1 Å². The zero-order valence-electron chi connectivity index (χ0n) is 10.4. The van der Waals surface area contributed by atoms with Crippen molar-refractivity contribution in [2.45, 2.75) is 19.9 Å². The molecule has 0 aliphatic rings. The number of fused-ring (bicyclic) bond motifs is 1. The van der Waals surface area contributed by atoms with Crippen LogP contribution in [0.25, 0.3) is 10.9 Å². The van der Waals surface area contributed by atoms with Crippen molar-refractivity contribution in [3.05, 3.63) is 36.0 Å². The van der Waals surface area contributed by atoms with Gasteiger partial charge in [0.15, 0.2) is 0 Å². The highest BCUT2D eigenvalue weighted by Crippen LogP contribution is 2.17. The van der Waals surface area contributed by atoms with Crippen molar-refractivity contribution < 1.29 is 9.90 Å². The minimum atomic E-state index is -0.310. The lowest BCUT2D eigenvalue weighted by Crippen LogP contribution is -2.31.